The molecule has 2 heterocycles. The molecule has 0 N–H and O–H groups in total. The second-order valence-corrected chi connectivity index (χ2v) is 6.17. The van der Waals surface area contributed by atoms with Crippen LogP contribution in [0.1, 0.15) is 16.5 Å². The van der Waals surface area contributed by atoms with Gasteiger partial charge in [0.25, 0.3) is 0 Å². The highest BCUT2D eigenvalue weighted by molar-refractivity contribution is 8.00. The highest BCUT2D eigenvalue weighted by atomic mass is 32.2. The summed E-state index contributed by atoms with van der Waals surface area (Å²) < 4.78 is 5.44. The molecule has 1 fully saturated rings. The summed E-state index contributed by atoms with van der Waals surface area (Å²) in [5, 5.41) is 0.0329. The number of carbonyl (C=O) groups is 1. The van der Waals surface area contributed by atoms with Crippen molar-refractivity contribution in [2.45, 2.75) is 11.8 Å². The normalized spacial score (nSPS) is 17.8. The lowest BCUT2D eigenvalue weighted by Crippen LogP contribution is -2.30. The molecule has 1 aromatic heterocycles. The summed E-state index contributed by atoms with van der Waals surface area (Å²) in [4.78, 5) is 18.2. The molecule has 2 aromatic rings. The monoisotopic (exact) mass is 314 g/mol. The molecule has 1 amide bonds. The Kier molecular flexibility index (Phi) is 4.63. The van der Waals surface area contributed by atoms with Crippen molar-refractivity contribution in [1.82, 2.24) is 9.88 Å². The molecular weight excluding hydrogens is 296 g/mol. The van der Waals surface area contributed by atoms with Crippen LogP contribution in [0, 0.1) is 0 Å². The van der Waals surface area contributed by atoms with Gasteiger partial charge in [0.15, 0.2) is 0 Å². The Morgan fingerprint density at radius 3 is 2.82 bits per heavy atom. The topological polar surface area (TPSA) is 42.4 Å². The Labute approximate surface area is 134 Å². The molecule has 1 atom stereocenters. The van der Waals surface area contributed by atoms with E-state index in [2.05, 4.69) is 4.98 Å². The molecule has 0 bridgehead atoms. The van der Waals surface area contributed by atoms with Crippen LogP contribution in [-0.4, -0.2) is 35.2 Å². The van der Waals surface area contributed by atoms with Crippen molar-refractivity contribution in [3.63, 3.8) is 0 Å². The minimum absolute atomic E-state index is 0.0329. The van der Waals surface area contributed by atoms with Gasteiger partial charge in [-0.3, -0.25) is 9.78 Å². The van der Waals surface area contributed by atoms with Gasteiger partial charge < -0.3 is 9.64 Å². The lowest BCUT2D eigenvalue weighted by molar-refractivity contribution is -0.128. The predicted octanol–water partition coefficient (Wildman–Crippen LogP) is 2.91. The van der Waals surface area contributed by atoms with E-state index in [1.165, 1.54) is 5.56 Å². The fourth-order valence-electron chi connectivity index (χ4n) is 2.62. The second-order valence-electron chi connectivity index (χ2n) is 5.10. The van der Waals surface area contributed by atoms with E-state index in [1.54, 1.807) is 31.3 Å². The van der Waals surface area contributed by atoms with Crippen molar-refractivity contribution in [2.75, 3.05) is 19.4 Å². The first-order valence-electron chi connectivity index (χ1n) is 7.22. The summed E-state index contributed by atoms with van der Waals surface area (Å²) in [6.45, 7) is 0.707. The minimum atomic E-state index is 0.0329. The van der Waals surface area contributed by atoms with Crippen molar-refractivity contribution in [1.29, 1.82) is 0 Å². The lowest BCUT2D eigenvalue weighted by atomic mass is 10.1. The van der Waals surface area contributed by atoms with Gasteiger partial charge in [-0.2, -0.15) is 0 Å². The van der Waals surface area contributed by atoms with Gasteiger partial charge in [-0.15, -0.1) is 11.8 Å². The summed E-state index contributed by atoms with van der Waals surface area (Å²) in [6, 6.07) is 11.9. The molecule has 114 valence electrons. The Bertz CT molecular complexity index is 648. The van der Waals surface area contributed by atoms with E-state index >= 15 is 0 Å². The molecule has 0 radical (unpaired) electrons. The minimum Gasteiger partial charge on any atom is -0.496 e. The van der Waals surface area contributed by atoms with Crippen LogP contribution in [0.4, 0.5) is 0 Å². The number of thioether (sulfide) groups is 1. The van der Waals surface area contributed by atoms with Crippen LogP contribution in [0.2, 0.25) is 0 Å². The number of amides is 1. The summed E-state index contributed by atoms with van der Waals surface area (Å²) in [5.41, 5.74) is 2.26. The van der Waals surface area contributed by atoms with Crippen LogP contribution in [-0.2, 0) is 11.2 Å². The van der Waals surface area contributed by atoms with Crippen molar-refractivity contribution in [3.05, 3.63) is 59.9 Å². The number of nitrogens with zero attached hydrogens (tertiary/aromatic N) is 2. The van der Waals surface area contributed by atoms with Crippen LogP contribution in [0.3, 0.4) is 0 Å². The first-order chi connectivity index (χ1) is 10.8. The van der Waals surface area contributed by atoms with Crippen molar-refractivity contribution < 1.29 is 9.53 Å². The third kappa shape index (κ3) is 3.09. The van der Waals surface area contributed by atoms with Crippen molar-refractivity contribution in [3.8, 4) is 5.75 Å². The highest BCUT2D eigenvalue weighted by Gasteiger charge is 2.33. The summed E-state index contributed by atoms with van der Waals surface area (Å²) in [6.07, 6.45) is 4.40. The second kappa shape index (κ2) is 6.83. The van der Waals surface area contributed by atoms with Crippen LogP contribution < -0.4 is 4.74 Å². The molecule has 22 heavy (non-hydrogen) atoms. The molecule has 0 aliphatic carbocycles. The van der Waals surface area contributed by atoms with Crippen molar-refractivity contribution >= 4 is 17.7 Å². The van der Waals surface area contributed by atoms with Crippen LogP contribution in [0.5, 0.6) is 5.75 Å². The SMILES string of the molecule is COc1ccccc1C1SCC(=O)N1CCc1ccncc1. The van der Waals surface area contributed by atoms with Gasteiger partial charge >= 0.3 is 0 Å². The molecule has 4 nitrogen and oxygen atoms in total. The molecule has 1 saturated heterocycles. The van der Waals surface area contributed by atoms with E-state index in [0.29, 0.717) is 12.3 Å². The highest BCUT2D eigenvalue weighted by Crippen LogP contribution is 2.42. The number of para-hydroxylation sites is 1. The van der Waals surface area contributed by atoms with E-state index in [9.17, 15) is 4.79 Å². The quantitative estimate of drug-likeness (QED) is 0.851. The molecular formula is C17H18N2O2S. The fourth-order valence-corrected chi connectivity index (χ4v) is 3.87. The maximum absolute atomic E-state index is 12.2. The Morgan fingerprint density at radius 2 is 2.05 bits per heavy atom. The molecule has 0 saturated carbocycles. The van der Waals surface area contributed by atoms with E-state index in [0.717, 1.165) is 17.7 Å². The molecule has 1 aliphatic rings. The fraction of sp³-hybridized carbons (Fsp3) is 0.294. The van der Waals surface area contributed by atoms with Gasteiger partial charge in [-0.05, 0) is 30.2 Å². The lowest BCUT2D eigenvalue weighted by Gasteiger charge is -2.25. The maximum atomic E-state index is 12.2. The van der Waals surface area contributed by atoms with Crippen molar-refractivity contribution in [2.24, 2.45) is 0 Å². The summed E-state index contributed by atoms with van der Waals surface area (Å²) >= 11 is 1.66. The van der Waals surface area contributed by atoms with Gasteiger partial charge in [-0.25, -0.2) is 0 Å². The molecule has 1 aromatic carbocycles. The summed E-state index contributed by atoms with van der Waals surface area (Å²) in [5.74, 6) is 1.55. The number of methoxy groups -OCH3 is 1. The zero-order chi connectivity index (χ0) is 15.4. The Morgan fingerprint density at radius 1 is 1.27 bits per heavy atom. The van der Waals surface area contributed by atoms with Gasteiger partial charge in [0.1, 0.15) is 11.1 Å². The number of pyridine rings is 1. The number of hydrogen-bond donors (Lipinski definition) is 0. The standard InChI is InChI=1S/C17H18N2O2S/c1-21-15-5-3-2-4-14(15)17-19(16(20)12-22-17)11-8-13-6-9-18-10-7-13/h2-7,9-10,17H,8,11-12H2,1H3. The van der Waals surface area contributed by atoms with Gasteiger partial charge in [-0.1, -0.05) is 18.2 Å². The molecule has 3 rings (SSSR count). The number of benzene rings is 1. The van der Waals surface area contributed by atoms with E-state index in [4.69, 9.17) is 4.74 Å². The van der Waals surface area contributed by atoms with Crippen LogP contribution in [0.15, 0.2) is 48.8 Å². The number of hydrogen-bond acceptors (Lipinski definition) is 4. The smallest absolute Gasteiger partial charge is 0.233 e. The van der Waals surface area contributed by atoms with Gasteiger partial charge in [0, 0.05) is 24.5 Å². The van der Waals surface area contributed by atoms with E-state index in [-0.39, 0.29) is 11.3 Å². The maximum Gasteiger partial charge on any atom is 0.233 e. The zero-order valence-corrected chi connectivity index (χ0v) is 13.3. The number of ether oxygens (including phenoxy) is 1. The average Bonchev–Trinajstić information content (AvgIpc) is 2.94. The molecule has 1 aliphatic heterocycles. The Hall–Kier alpha value is -2.01. The van der Waals surface area contributed by atoms with E-state index in [1.807, 2.05) is 41.3 Å². The average molecular weight is 314 g/mol. The third-order valence-electron chi connectivity index (χ3n) is 3.76. The number of carbonyl (C=O) groups excluding carboxylic acids is 1. The van der Waals surface area contributed by atoms with Gasteiger partial charge in [0.2, 0.25) is 5.91 Å². The van der Waals surface area contributed by atoms with Crippen LogP contribution >= 0.6 is 11.8 Å². The number of aromatic nitrogens is 1. The van der Waals surface area contributed by atoms with Crippen LogP contribution in [0.25, 0.3) is 0 Å². The first kappa shape index (κ1) is 14.9. The first-order valence-corrected chi connectivity index (χ1v) is 8.27. The molecule has 1 unspecified atom stereocenters. The summed E-state index contributed by atoms with van der Waals surface area (Å²) in [7, 11) is 1.67. The molecule has 5 heteroatoms. The largest absolute Gasteiger partial charge is 0.496 e. The third-order valence-corrected chi connectivity index (χ3v) is 5.00. The Balaban J connectivity index is 1.77. The predicted molar refractivity (Wildman–Crippen MR) is 87.8 cm³/mol. The van der Waals surface area contributed by atoms with Gasteiger partial charge in [0.05, 0.1) is 12.9 Å². The zero-order valence-electron chi connectivity index (χ0n) is 12.4. The number of rotatable bonds is 5. The molecule has 0 spiro atoms. The van der Waals surface area contributed by atoms with E-state index < -0.39 is 0 Å².